The van der Waals surface area contributed by atoms with Gasteiger partial charge in [-0.2, -0.15) is 0 Å². The van der Waals surface area contributed by atoms with E-state index in [9.17, 15) is 19.2 Å². The van der Waals surface area contributed by atoms with Crippen LogP contribution in [-0.4, -0.2) is 43.3 Å². The summed E-state index contributed by atoms with van der Waals surface area (Å²) in [5.74, 6) is -2.26. The van der Waals surface area contributed by atoms with Crippen molar-refractivity contribution in [2.24, 2.45) is 0 Å². The molecule has 33 heavy (non-hydrogen) atoms. The number of rotatable bonds is 8. The van der Waals surface area contributed by atoms with E-state index in [0.29, 0.717) is 11.3 Å². The summed E-state index contributed by atoms with van der Waals surface area (Å²) in [6, 6.07) is 8.99. The van der Waals surface area contributed by atoms with Gasteiger partial charge < -0.3 is 28.5 Å². The van der Waals surface area contributed by atoms with Crippen molar-refractivity contribution in [3.8, 4) is 28.4 Å². The minimum Gasteiger partial charge on any atom is -0.493 e. The fourth-order valence-corrected chi connectivity index (χ4v) is 3.03. The minimum atomic E-state index is -1.36. The van der Waals surface area contributed by atoms with Gasteiger partial charge in [0.05, 0.1) is 24.5 Å². The Labute approximate surface area is 187 Å². The molecular weight excluding hydrogens is 436 g/mol. The molecule has 0 aliphatic heterocycles. The molecule has 1 N–H and O–H groups in total. The van der Waals surface area contributed by atoms with Crippen LogP contribution in [0.5, 0.6) is 17.2 Å². The number of carboxylic acids is 1. The van der Waals surface area contributed by atoms with Crippen LogP contribution < -0.4 is 19.6 Å². The maximum atomic E-state index is 13.1. The molecule has 1 aromatic heterocycles. The zero-order valence-corrected chi connectivity index (χ0v) is 17.9. The number of fused-ring (bicyclic) bond motifs is 1. The van der Waals surface area contributed by atoms with Crippen molar-refractivity contribution in [2.45, 2.75) is 19.4 Å². The Balaban J connectivity index is 1.94. The van der Waals surface area contributed by atoms with E-state index in [1.807, 2.05) is 0 Å². The third-order valence-electron chi connectivity index (χ3n) is 4.62. The van der Waals surface area contributed by atoms with Crippen molar-refractivity contribution < 1.29 is 42.9 Å². The molecule has 0 saturated heterocycles. The van der Waals surface area contributed by atoms with Gasteiger partial charge in [0.1, 0.15) is 17.6 Å². The van der Waals surface area contributed by atoms with E-state index in [4.69, 9.17) is 28.5 Å². The topological polar surface area (TPSA) is 139 Å². The molecule has 10 heteroatoms. The highest BCUT2D eigenvalue weighted by Gasteiger charge is 2.23. The van der Waals surface area contributed by atoms with E-state index < -0.39 is 30.4 Å². The highest BCUT2D eigenvalue weighted by molar-refractivity contribution is 5.87. The summed E-state index contributed by atoms with van der Waals surface area (Å²) >= 11 is 0. The number of aliphatic carboxylic acids is 1. The molecule has 3 aromatic rings. The van der Waals surface area contributed by atoms with Crippen molar-refractivity contribution >= 4 is 28.9 Å². The summed E-state index contributed by atoms with van der Waals surface area (Å²) in [6.45, 7) is 1.28. The quantitative estimate of drug-likeness (QED) is 0.398. The SMILES string of the molecule is COc1cc2c(=O)c(-c3ccc(OC(C)=O)cc3)coc2cc1OC(=O)C[C@@H](OC)C(=O)O. The van der Waals surface area contributed by atoms with Crippen LogP contribution in [0.2, 0.25) is 0 Å². The van der Waals surface area contributed by atoms with Gasteiger partial charge in [-0.1, -0.05) is 12.1 Å². The average molecular weight is 456 g/mol. The summed E-state index contributed by atoms with van der Waals surface area (Å²) in [4.78, 5) is 47.3. The monoisotopic (exact) mass is 456 g/mol. The molecule has 0 fully saturated rings. The lowest BCUT2D eigenvalue weighted by Crippen LogP contribution is -2.27. The lowest BCUT2D eigenvalue weighted by molar-refractivity contribution is -0.154. The van der Waals surface area contributed by atoms with E-state index in [1.165, 1.54) is 39.5 Å². The maximum Gasteiger partial charge on any atom is 0.333 e. The molecule has 0 spiro atoms. The summed E-state index contributed by atoms with van der Waals surface area (Å²) in [6.07, 6.45) is -0.634. The third kappa shape index (κ3) is 5.36. The van der Waals surface area contributed by atoms with Crippen molar-refractivity contribution in [1.82, 2.24) is 0 Å². The normalized spacial score (nSPS) is 11.6. The fourth-order valence-electron chi connectivity index (χ4n) is 3.03. The van der Waals surface area contributed by atoms with Gasteiger partial charge in [0.15, 0.2) is 17.6 Å². The smallest absolute Gasteiger partial charge is 0.333 e. The molecule has 3 rings (SSSR count). The summed E-state index contributed by atoms with van der Waals surface area (Å²) in [7, 11) is 2.49. The van der Waals surface area contributed by atoms with Gasteiger partial charge in [0.25, 0.3) is 0 Å². The van der Waals surface area contributed by atoms with Gasteiger partial charge in [-0.25, -0.2) is 4.79 Å². The molecule has 0 aliphatic carbocycles. The van der Waals surface area contributed by atoms with Crippen molar-refractivity contribution in [3.05, 3.63) is 52.9 Å². The number of hydrogen-bond donors (Lipinski definition) is 1. The molecule has 0 bridgehead atoms. The number of carbonyl (C=O) groups is 3. The van der Waals surface area contributed by atoms with E-state index in [2.05, 4.69) is 0 Å². The number of hydrogen-bond acceptors (Lipinski definition) is 9. The first kappa shape index (κ1) is 23.5. The Morgan fingerprint density at radius 1 is 1.03 bits per heavy atom. The molecule has 1 heterocycles. The van der Waals surface area contributed by atoms with E-state index in [-0.39, 0.29) is 33.5 Å². The largest absolute Gasteiger partial charge is 0.493 e. The second kappa shape index (κ2) is 9.96. The fraction of sp³-hybridized carbons (Fsp3) is 0.217. The molecule has 1 atom stereocenters. The molecule has 0 saturated carbocycles. The van der Waals surface area contributed by atoms with Crippen LogP contribution in [0.15, 0.2) is 51.9 Å². The number of carbonyl (C=O) groups excluding carboxylic acids is 2. The van der Waals surface area contributed by atoms with Gasteiger partial charge in [-0.15, -0.1) is 0 Å². The lowest BCUT2D eigenvalue weighted by Gasteiger charge is -2.13. The zero-order chi connectivity index (χ0) is 24.1. The van der Waals surface area contributed by atoms with Crippen LogP contribution in [-0.2, 0) is 19.1 Å². The van der Waals surface area contributed by atoms with Gasteiger partial charge in [-0.3, -0.25) is 14.4 Å². The zero-order valence-electron chi connectivity index (χ0n) is 17.9. The van der Waals surface area contributed by atoms with Crippen LogP contribution in [0.25, 0.3) is 22.1 Å². The van der Waals surface area contributed by atoms with Gasteiger partial charge in [0.2, 0.25) is 5.43 Å². The standard InChI is InChI=1S/C23H20O10/c1-12(24)32-14-6-4-13(5-7-14)16-11-31-17-9-19(18(29-2)8-15(17)22(16)26)33-21(25)10-20(30-3)23(27)28/h4-9,11,20H,10H2,1-3H3,(H,27,28)/t20-/m1/s1. The Hall–Kier alpha value is -4.18. The number of carboxylic acid groups (broad SMARTS) is 1. The Morgan fingerprint density at radius 3 is 2.30 bits per heavy atom. The second-order valence-corrected chi connectivity index (χ2v) is 6.84. The average Bonchev–Trinajstić information content (AvgIpc) is 2.77. The lowest BCUT2D eigenvalue weighted by atomic mass is 10.1. The molecule has 0 amide bonds. The molecule has 0 radical (unpaired) electrons. The molecule has 10 nitrogen and oxygen atoms in total. The summed E-state index contributed by atoms with van der Waals surface area (Å²) in [5, 5.41) is 9.18. The third-order valence-corrected chi connectivity index (χ3v) is 4.62. The second-order valence-electron chi connectivity index (χ2n) is 6.84. The predicted octanol–water partition coefficient (Wildman–Crippen LogP) is 2.79. The van der Waals surface area contributed by atoms with Crippen LogP contribution in [0.3, 0.4) is 0 Å². The van der Waals surface area contributed by atoms with Crippen LogP contribution in [0, 0.1) is 0 Å². The first-order chi connectivity index (χ1) is 15.7. The summed E-state index contributed by atoms with van der Waals surface area (Å²) in [5.41, 5.74) is 0.562. The van der Waals surface area contributed by atoms with Gasteiger partial charge in [0, 0.05) is 20.1 Å². The number of esters is 2. The van der Waals surface area contributed by atoms with Crippen LogP contribution in [0.4, 0.5) is 0 Å². The van der Waals surface area contributed by atoms with Crippen LogP contribution in [0.1, 0.15) is 13.3 Å². The first-order valence-electron chi connectivity index (χ1n) is 9.62. The summed E-state index contributed by atoms with van der Waals surface area (Å²) < 4.78 is 25.7. The van der Waals surface area contributed by atoms with Gasteiger partial charge in [-0.05, 0) is 23.8 Å². The Kier molecular flexibility index (Phi) is 7.09. The number of methoxy groups -OCH3 is 2. The Morgan fingerprint density at radius 2 is 1.73 bits per heavy atom. The molecular formula is C23H20O10. The molecule has 172 valence electrons. The first-order valence-corrected chi connectivity index (χ1v) is 9.62. The van der Waals surface area contributed by atoms with Crippen LogP contribution >= 0.6 is 0 Å². The van der Waals surface area contributed by atoms with E-state index in [1.54, 1.807) is 24.3 Å². The highest BCUT2D eigenvalue weighted by atomic mass is 16.6. The van der Waals surface area contributed by atoms with E-state index >= 15 is 0 Å². The Bertz CT molecular complexity index is 1260. The van der Waals surface area contributed by atoms with E-state index in [0.717, 1.165) is 0 Å². The highest BCUT2D eigenvalue weighted by Crippen LogP contribution is 2.33. The van der Waals surface area contributed by atoms with Crippen molar-refractivity contribution in [3.63, 3.8) is 0 Å². The number of benzene rings is 2. The number of ether oxygens (including phenoxy) is 4. The van der Waals surface area contributed by atoms with Crippen molar-refractivity contribution in [1.29, 1.82) is 0 Å². The molecule has 2 aromatic carbocycles. The maximum absolute atomic E-state index is 13.1. The van der Waals surface area contributed by atoms with Gasteiger partial charge >= 0.3 is 17.9 Å². The molecule has 0 unspecified atom stereocenters. The molecule has 0 aliphatic rings. The predicted molar refractivity (Wildman–Crippen MR) is 114 cm³/mol. The van der Waals surface area contributed by atoms with Crippen molar-refractivity contribution in [2.75, 3.05) is 14.2 Å². The minimum absolute atomic E-state index is 0.0446.